The number of hydrogen-bond donors (Lipinski definition) is 1. The summed E-state index contributed by atoms with van der Waals surface area (Å²) in [7, 11) is 0. The number of nitro groups is 1. The van der Waals surface area contributed by atoms with Crippen molar-refractivity contribution in [3.05, 3.63) is 69.5 Å². The van der Waals surface area contributed by atoms with E-state index in [1.807, 2.05) is 6.92 Å². The quantitative estimate of drug-likeness (QED) is 0.497. The van der Waals surface area contributed by atoms with Gasteiger partial charge in [-0.25, -0.2) is 4.39 Å². The van der Waals surface area contributed by atoms with Crippen molar-refractivity contribution in [2.24, 2.45) is 0 Å². The van der Waals surface area contributed by atoms with E-state index in [1.165, 1.54) is 31.2 Å². The van der Waals surface area contributed by atoms with E-state index in [0.717, 1.165) is 5.56 Å². The van der Waals surface area contributed by atoms with Crippen LogP contribution in [0.4, 0.5) is 15.8 Å². The maximum Gasteiger partial charge on any atom is 0.293 e. The number of anilines is 1. The highest BCUT2D eigenvalue weighted by molar-refractivity contribution is 5.95. The fraction of sp³-hybridized carbons (Fsp3) is 0.235. The van der Waals surface area contributed by atoms with Gasteiger partial charge in [0.1, 0.15) is 11.5 Å². The molecule has 0 aliphatic heterocycles. The molecule has 0 heterocycles. The minimum absolute atomic E-state index is 0.140. The first-order valence-electron chi connectivity index (χ1n) is 7.17. The summed E-state index contributed by atoms with van der Waals surface area (Å²) in [4.78, 5) is 22.0. The lowest BCUT2D eigenvalue weighted by Crippen LogP contribution is -2.19. The molecule has 0 amide bonds. The molecule has 2 aromatic carbocycles. The number of nitrogens with one attached hydrogen (secondary N) is 1. The lowest BCUT2D eigenvalue weighted by atomic mass is 10.1. The van der Waals surface area contributed by atoms with Crippen LogP contribution in [0.3, 0.4) is 0 Å². The van der Waals surface area contributed by atoms with E-state index < -0.39 is 4.92 Å². The van der Waals surface area contributed by atoms with Crippen molar-refractivity contribution in [1.82, 2.24) is 0 Å². The topological polar surface area (TPSA) is 72.2 Å². The number of nitro benzene ring substituents is 1. The first-order chi connectivity index (χ1) is 10.9. The van der Waals surface area contributed by atoms with Gasteiger partial charge in [0, 0.05) is 17.7 Å². The van der Waals surface area contributed by atoms with Crippen LogP contribution in [0.15, 0.2) is 42.5 Å². The van der Waals surface area contributed by atoms with Gasteiger partial charge >= 0.3 is 0 Å². The molecule has 1 atom stereocenters. The van der Waals surface area contributed by atoms with E-state index in [2.05, 4.69) is 5.32 Å². The van der Waals surface area contributed by atoms with Crippen LogP contribution in [0.25, 0.3) is 0 Å². The third-order valence-corrected chi connectivity index (χ3v) is 3.43. The molecule has 2 aromatic rings. The molecule has 1 unspecified atom stereocenters. The van der Waals surface area contributed by atoms with Crippen LogP contribution in [0, 0.1) is 15.9 Å². The van der Waals surface area contributed by atoms with Crippen LogP contribution < -0.4 is 5.32 Å². The molecule has 6 heteroatoms. The Bertz CT molecular complexity index is 746. The molecule has 120 valence electrons. The number of rotatable bonds is 6. The summed E-state index contributed by atoms with van der Waals surface area (Å²) in [6.45, 7) is 3.21. The van der Waals surface area contributed by atoms with Crippen LogP contribution in [-0.2, 0) is 6.42 Å². The second kappa shape index (κ2) is 7.00. The number of carbonyl (C=O) groups is 1. The largest absolute Gasteiger partial charge is 0.377 e. The zero-order chi connectivity index (χ0) is 17.0. The first-order valence-corrected chi connectivity index (χ1v) is 7.17. The standard InChI is InChI=1S/C17H17FN2O3/c1-11(8-13-4-3-5-15(18)9-13)19-16-7-6-14(12(2)21)10-17(16)20(22)23/h3-7,9-11,19H,8H2,1-2H3. The van der Waals surface area contributed by atoms with Gasteiger partial charge in [0.15, 0.2) is 5.78 Å². The number of nitrogens with zero attached hydrogens (tertiary/aromatic N) is 1. The third kappa shape index (κ3) is 4.35. The second-order valence-corrected chi connectivity index (χ2v) is 5.42. The van der Waals surface area contributed by atoms with E-state index in [4.69, 9.17) is 0 Å². The van der Waals surface area contributed by atoms with Gasteiger partial charge < -0.3 is 5.32 Å². The summed E-state index contributed by atoms with van der Waals surface area (Å²) >= 11 is 0. The summed E-state index contributed by atoms with van der Waals surface area (Å²) in [6.07, 6.45) is 0.517. The maximum absolute atomic E-state index is 13.2. The van der Waals surface area contributed by atoms with Gasteiger partial charge in [-0.2, -0.15) is 0 Å². The van der Waals surface area contributed by atoms with Crippen molar-refractivity contribution in [2.75, 3.05) is 5.32 Å². The predicted molar refractivity (Wildman–Crippen MR) is 86.3 cm³/mol. The lowest BCUT2D eigenvalue weighted by molar-refractivity contribution is -0.384. The van der Waals surface area contributed by atoms with Crippen molar-refractivity contribution in [2.45, 2.75) is 26.3 Å². The summed E-state index contributed by atoms with van der Waals surface area (Å²) in [6, 6.07) is 10.4. The minimum atomic E-state index is -0.524. The van der Waals surface area contributed by atoms with E-state index in [0.29, 0.717) is 17.7 Å². The molecule has 2 rings (SSSR count). The molecular formula is C17H17FN2O3. The molecular weight excluding hydrogens is 299 g/mol. The van der Waals surface area contributed by atoms with Gasteiger partial charge in [-0.3, -0.25) is 14.9 Å². The minimum Gasteiger partial charge on any atom is -0.377 e. The zero-order valence-electron chi connectivity index (χ0n) is 12.9. The van der Waals surface area contributed by atoms with Crippen molar-refractivity contribution in [3.63, 3.8) is 0 Å². The Kier molecular flexibility index (Phi) is 5.05. The Morgan fingerprint density at radius 2 is 2.04 bits per heavy atom. The number of hydrogen-bond acceptors (Lipinski definition) is 4. The van der Waals surface area contributed by atoms with E-state index in [9.17, 15) is 19.3 Å². The summed E-state index contributed by atoms with van der Waals surface area (Å²) in [5.41, 5.74) is 1.28. The van der Waals surface area contributed by atoms with Gasteiger partial charge in [-0.1, -0.05) is 12.1 Å². The number of carbonyl (C=O) groups excluding carboxylic acids is 1. The van der Waals surface area contributed by atoms with Gasteiger partial charge in [0.05, 0.1) is 4.92 Å². The molecule has 0 saturated carbocycles. The van der Waals surface area contributed by atoms with Gasteiger partial charge in [-0.15, -0.1) is 0 Å². The molecule has 1 N–H and O–H groups in total. The van der Waals surface area contributed by atoms with E-state index in [1.54, 1.807) is 18.2 Å². The number of halogens is 1. The molecule has 0 radical (unpaired) electrons. The fourth-order valence-electron chi connectivity index (χ4n) is 2.36. The Labute approximate surface area is 133 Å². The monoisotopic (exact) mass is 316 g/mol. The second-order valence-electron chi connectivity index (χ2n) is 5.42. The van der Waals surface area contributed by atoms with Crippen LogP contribution in [0.1, 0.15) is 29.8 Å². The molecule has 23 heavy (non-hydrogen) atoms. The molecule has 0 aliphatic carbocycles. The van der Waals surface area contributed by atoms with Crippen LogP contribution in [0.2, 0.25) is 0 Å². The molecule has 0 fully saturated rings. The number of benzene rings is 2. The molecule has 0 aliphatic rings. The van der Waals surface area contributed by atoms with Gasteiger partial charge in [0.25, 0.3) is 5.69 Å². The van der Waals surface area contributed by atoms with Gasteiger partial charge in [-0.05, 0) is 50.1 Å². The molecule has 0 saturated heterocycles. The maximum atomic E-state index is 13.2. The third-order valence-electron chi connectivity index (χ3n) is 3.43. The van der Waals surface area contributed by atoms with Crippen molar-refractivity contribution < 1.29 is 14.1 Å². The lowest BCUT2D eigenvalue weighted by Gasteiger charge is -2.16. The Morgan fingerprint density at radius 3 is 2.65 bits per heavy atom. The molecule has 5 nitrogen and oxygen atoms in total. The van der Waals surface area contributed by atoms with Crippen LogP contribution in [-0.4, -0.2) is 16.7 Å². The van der Waals surface area contributed by atoms with Crippen molar-refractivity contribution in [1.29, 1.82) is 0 Å². The Balaban J connectivity index is 2.18. The summed E-state index contributed by atoms with van der Waals surface area (Å²) < 4.78 is 13.2. The number of ketones is 1. The highest BCUT2D eigenvalue weighted by Crippen LogP contribution is 2.27. The zero-order valence-corrected chi connectivity index (χ0v) is 12.9. The molecule has 0 aromatic heterocycles. The molecule has 0 bridgehead atoms. The Morgan fingerprint density at radius 1 is 1.30 bits per heavy atom. The highest BCUT2D eigenvalue weighted by atomic mass is 19.1. The van der Waals surface area contributed by atoms with Crippen LogP contribution in [0.5, 0.6) is 0 Å². The molecule has 0 spiro atoms. The van der Waals surface area contributed by atoms with Crippen LogP contribution >= 0.6 is 0 Å². The normalized spacial score (nSPS) is 11.8. The first kappa shape index (κ1) is 16.6. The van der Waals surface area contributed by atoms with Crippen molar-refractivity contribution in [3.8, 4) is 0 Å². The van der Waals surface area contributed by atoms with E-state index >= 15 is 0 Å². The highest BCUT2D eigenvalue weighted by Gasteiger charge is 2.17. The Hall–Kier alpha value is -2.76. The SMILES string of the molecule is CC(=O)c1ccc(NC(C)Cc2cccc(F)c2)c([N+](=O)[O-])c1. The fourth-order valence-corrected chi connectivity index (χ4v) is 2.36. The van der Waals surface area contributed by atoms with Crippen molar-refractivity contribution >= 4 is 17.2 Å². The average molecular weight is 316 g/mol. The predicted octanol–water partition coefficient (Wildman–Crippen LogP) is 3.98. The average Bonchev–Trinajstić information content (AvgIpc) is 2.47. The smallest absolute Gasteiger partial charge is 0.293 e. The van der Waals surface area contributed by atoms with E-state index in [-0.39, 0.29) is 23.3 Å². The number of Topliss-reactive ketones (excluding diaryl/α,β-unsaturated/α-hetero) is 1. The summed E-state index contributed by atoms with van der Waals surface area (Å²) in [5.74, 6) is -0.543. The summed E-state index contributed by atoms with van der Waals surface area (Å²) in [5, 5.41) is 14.2. The van der Waals surface area contributed by atoms with Gasteiger partial charge in [0.2, 0.25) is 0 Å².